The molecule has 2 rings (SSSR count). The molecule has 0 atom stereocenters. The Bertz CT molecular complexity index is 823. The number of non-ortho nitro benzene ring substituents is 2. The van der Waals surface area contributed by atoms with Crippen molar-refractivity contribution in [1.82, 2.24) is 0 Å². The molecule has 1 N–H and O–H groups in total. The fourth-order valence-electron chi connectivity index (χ4n) is 1.72. The fourth-order valence-corrected chi connectivity index (χ4v) is 1.92. The zero-order chi connectivity index (χ0) is 17.1. The van der Waals surface area contributed by atoms with Crippen molar-refractivity contribution in [2.75, 3.05) is 5.32 Å². The van der Waals surface area contributed by atoms with E-state index in [0.29, 0.717) is 0 Å². The Morgan fingerprint density at radius 1 is 1.00 bits per heavy atom. The molecule has 0 heterocycles. The minimum absolute atomic E-state index is 0.0639. The number of nitro groups is 2. The van der Waals surface area contributed by atoms with Crippen LogP contribution in [0, 0.1) is 20.2 Å². The van der Waals surface area contributed by atoms with Crippen LogP contribution in [0.4, 0.5) is 17.1 Å². The minimum Gasteiger partial charge on any atom is -0.871 e. The van der Waals surface area contributed by atoms with Crippen LogP contribution in [0.5, 0.6) is 5.75 Å². The van der Waals surface area contributed by atoms with Crippen molar-refractivity contribution < 1.29 is 19.7 Å². The fraction of sp³-hybridized carbons (Fsp3) is 0. The standard InChI is InChI=1S/C13H8ClN3O6/c14-10-3-1-7(16(20)21)5-9(10)13(19)15-11-6-8(17(22)23)2-4-12(11)18/h1-6,18H,(H,15,19)/p-1. The first-order chi connectivity index (χ1) is 10.8. The highest BCUT2D eigenvalue weighted by molar-refractivity contribution is 6.34. The molecule has 0 aliphatic heterocycles. The lowest BCUT2D eigenvalue weighted by Gasteiger charge is -2.14. The lowest BCUT2D eigenvalue weighted by Crippen LogP contribution is -2.14. The Balaban J connectivity index is 2.36. The maximum absolute atomic E-state index is 12.1. The maximum atomic E-state index is 12.1. The molecule has 0 bridgehead atoms. The van der Waals surface area contributed by atoms with E-state index in [1.165, 1.54) is 6.07 Å². The van der Waals surface area contributed by atoms with E-state index in [1.807, 2.05) is 0 Å². The maximum Gasteiger partial charge on any atom is 0.271 e. The molecule has 2 aromatic carbocycles. The van der Waals surface area contributed by atoms with E-state index in [4.69, 9.17) is 11.6 Å². The molecule has 9 nitrogen and oxygen atoms in total. The van der Waals surface area contributed by atoms with Gasteiger partial charge in [-0.15, -0.1) is 0 Å². The first-order valence-electron chi connectivity index (χ1n) is 6.00. The van der Waals surface area contributed by atoms with E-state index in [9.17, 15) is 30.1 Å². The van der Waals surface area contributed by atoms with E-state index >= 15 is 0 Å². The summed E-state index contributed by atoms with van der Waals surface area (Å²) < 4.78 is 0. The molecule has 0 aromatic heterocycles. The quantitative estimate of drug-likeness (QED) is 0.672. The summed E-state index contributed by atoms with van der Waals surface area (Å²) in [7, 11) is 0. The number of nitrogens with zero attached hydrogens (tertiary/aromatic N) is 2. The Hall–Kier alpha value is -3.20. The molecule has 2 aromatic rings. The largest absolute Gasteiger partial charge is 0.871 e. The summed E-state index contributed by atoms with van der Waals surface area (Å²) in [6.45, 7) is 0. The molecule has 0 aliphatic rings. The highest BCUT2D eigenvalue weighted by Crippen LogP contribution is 2.28. The van der Waals surface area contributed by atoms with Crippen molar-refractivity contribution in [2.45, 2.75) is 0 Å². The lowest BCUT2D eigenvalue weighted by atomic mass is 10.1. The van der Waals surface area contributed by atoms with Crippen molar-refractivity contribution in [3.63, 3.8) is 0 Å². The summed E-state index contributed by atoms with van der Waals surface area (Å²) in [6.07, 6.45) is 0. The third kappa shape index (κ3) is 3.52. The van der Waals surface area contributed by atoms with Crippen LogP contribution in [0.3, 0.4) is 0 Å². The number of halogens is 1. The van der Waals surface area contributed by atoms with Crippen LogP contribution < -0.4 is 10.4 Å². The summed E-state index contributed by atoms with van der Waals surface area (Å²) in [5.74, 6) is -1.54. The molecule has 0 saturated carbocycles. The van der Waals surface area contributed by atoms with E-state index in [0.717, 1.165) is 30.3 Å². The van der Waals surface area contributed by atoms with Crippen LogP contribution in [0.15, 0.2) is 36.4 Å². The molecule has 10 heteroatoms. The predicted molar refractivity (Wildman–Crippen MR) is 78.6 cm³/mol. The highest BCUT2D eigenvalue weighted by atomic mass is 35.5. The van der Waals surface area contributed by atoms with Gasteiger partial charge in [0.15, 0.2) is 0 Å². The lowest BCUT2D eigenvalue weighted by molar-refractivity contribution is -0.385. The zero-order valence-corrected chi connectivity index (χ0v) is 11.9. The monoisotopic (exact) mass is 336 g/mol. The number of anilines is 1. The number of carbonyl (C=O) groups excluding carboxylic acids is 1. The summed E-state index contributed by atoms with van der Waals surface area (Å²) >= 11 is 5.81. The Kier molecular flexibility index (Phi) is 4.42. The van der Waals surface area contributed by atoms with Gasteiger partial charge in [0.05, 0.1) is 20.4 Å². The van der Waals surface area contributed by atoms with Crippen LogP contribution in [-0.2, 0) is 0 Å². The second kappa shape index (κ2) is 6.28. The SMILES string of the molecule is O=C(Nc1cc([N+](=O)[O-])ccc1[O-])c1cc([N+](=O)[O-])ccc1Cl. The van der Waals surface area contributed by atoms with Gasteiger partial charge in [-0.05, 0) is 6.07 Å². The number of hydrogen-bond acceptors (Lipinski definition) is 6. The summed E-state index contributed by atoms with van der Waals surface area (Å²) in [4.78, 5) is 32.1. The van der Waals surface area contributed by atoms with Gasteiger partial charge in [-0.25, -0.2) is 0 Å². The third-order valence-corrected chi connectivity index (χ3v) is 3.16. The van der Waals surface area contributed by atoms with Gasteiger partial charge in [0.2, 0.25) is 0 Å². The molecular formula is C13H7ClN3O6-. The Labute approximate surface area is 133 Å². The number of carbonyl (C=O) groups is 1. The van der Waals surface area contributed by atoms with Crippen molar-refractivity contribution in [2.24, 2.45) is 0 Å². The van der Waals surface area contributed by atoms with Gasteiger partial charge in [-0.2, -0.15) is 0 Å². The third-order valence-electron chi connectivity index (χ3n) is 2.83. The van der Waals surface area contributed by atoms with Gasteiger partial charge in [0.25, 0.3) is 17.3 Å². The number of nitro benzene ring substituents is 2. The number of rotatable bonds is 4. The van der Waals surface area contributed by atoms with Crippen molar-refractivity contribution >= 4 is 34.6 Å². The summed E-state index contributed by atoms with van der Waals surface area (Å²) in [6, 6.07) is 6.05. The van der Waals surface area contributed by atoms with E-state index < -0.39 is 21.5 Å². The van der Waals surface area contributed by atoms with Gasteiger partial charge >= 0.3 is 0 Å². The molecule has 118 valence electrons. The molecule has 0 saturated heterocycles. The van der Waals surface area contributed by atoms with Gasteiger partial charge in [0, 0.05) is 30.0 Å². The van der Waals surface area contributed by atoms with Crippen molar-refractivity contribution in [3.8, 4) is 5.75 Å². The van der Waals surface area contributed by atoms with Crippen molar-refractivity contribution in [1.29, 1.82) is 0 Å². The van der Waals surface area contributed by atoms with E-state index in [1.54, 1.807) is 0 Å². The molecule has 0 spiro atoms. The average molecular weight is 337 g/mol. The second-order valence-electron chi connectivity index (χ2n) is 4.31. The average Bonchev–Trinajstić information content (AvgIpc) is 2.49. The topological polar surface area (TPSA) is 138 Å². The number of amides is 1. The normalized spacial score (nSPS) is 10.1. The second-order valence-corrected chi connectivity index (χ2v) is 4.72. The van der Waals surface area contributed by atoms with Crippen LogP contribution in [0.25, 0.3) is 0 Å². The predicted octanol–water partition coefficient (Wildman–Crippen LogP) is 2.48. The smallest absolute Gasteiger partial charge is 0.271 e. The molecular weight excluding hydrogens is 330 g/mol. The molecule has 0 unspecified atom stereocenters. The van der Waals surface area contributed by atoms with Gasteiger partial charge in [-0.1, -0.05) is 23.4 Å². The van der Waals surface area contributed by atoms with Crippen LogP contribution in [-0.4, -0.2) is 15.8 Å². The minimum atomic E-state index is -0.892. The first-order valence-corrected chi connectivity index (χ1v) is 6.38. The van der Waals surface area contributed by atoms with Crippen LogP contribution >= 0.6 is 11.6 Å². The zero-order valence-electron chi connectivity index (χ0n) is 11.2. The summed E-state index contributed by atoms with van der Waals surface area (Å²) in [5.41, 5.74) is -1.30. The van der Waals surface area contributed by atoms with E-state index in [2.05, 4.69) is 5.32 Å². The molecule has 0 radical (unpaired) electrons. The Morgan fingerprint density at radius 3 is 2.17 bits per heavy atom. The van der Waals surface area contributed by atoms with E-state index in [-0.39, 0.29) is 27.6 Å². The Morgan fingerprint density at radius 2 is 1.57 bits per heavy atom. The number of nitrogens with one attached hydrogen (secondary N) is 1. The molecule has 0 aliphatic carbocycles. The molecule has 0 fully saturated rings. The highest BCUT2D eigenvalue weighted by Gasteiger charge is 2.17. The number of benzene rings is 2. The van der Waals surface area contributed by atoms with Crippen LogP contribution in [0.1, 0.15) is 10.4 Å². The number of hydrogen-bond donors (Lipinski definition) is 1. The first kappa shape index (κ1) is 16.2. The summed E-state index contributed by atoms with van der Waals surface area (Å²) in [5, 5.41) is 35.2. The van der Waals surface area contributed by atoms with Crippen molar-refractivity contribution in [3.05, 3.63) is 67.2 Å². The molecule has 23 heavy (non-hydrogen) atoms. The van der Waals surface area contributed by atoms with Gasteiger partial charge < -0.3 is 10.4 Å². The van der Waals surface area contributed by atoms with Gasteiger partial charge in [-0.3, -0.25) is 25.0 Å². The van der Waals surface area contributed by atoms with Crippen LogP contribution in [0.2, 0.25) is 5.02 Å². The molecule has 1 amide bonds. The van der Waals surface area contributed by atoms with Gasteiger partial charge in [0.1, 0.15) is 0 Å².